The van der Waals surface area contributed by atoms with E-state index in [0.29, 0.717) is 11.8 Å². The van der Waals surface area contributed by atoms with Crippen molar-refractivity contribution >= 4 is 11.6 Å². The summed E-state index contributed by atoms with van der Waals surface area (Å²) in [5.41, 5.74) is 2.93. The second-order valence-electron chi connectivity index (χ2n) is 6.59. The molecular weight excluding hydrogens is 286 g/mol. The smallest absolute Gasteiger partial charge is 0.251 e. The van der Waals surface area contributed by atoms with Crippen molar-refractivity contribution in [3.8, 4) is 5.75 Å². The van der Waals surface area contributed by atoms with E-state index in [1.807, 2.05) is 24.3 Å². The number of methoxy groups -OCH3 is 1. The Bertz CT molecular complexity index is 597. The van der Waals surface area contributed by atoms with Gasteiger partial charge in [0.15, 0.2) is 0 Å². The van der Waals surface area contributed by atoms with Crippen molar-refractivity contribution in [3.63, 3.8) is 0 Å². The number of hydrogen-bond donors (Lipinski definition) is 1. The van der Waals surface area contributed by atoms with E-state index in [-0.39, 0.29) is 5.91 Å². The molecule has 3 heteroatoms. The van der Waals surface area contributed by atoms with Crippen molar-refractivity contribution in [2.45, 2.75) is 40.0 Å². The number of benzene rings is 1. The van der Waals surface area contributed by atoms with E-state index in [0.717, 1.165) is 36.3 Å². The minimum absolute atomic E-state index is 0.00420. The molecule has 0 aliphatic heterocycles. The summed E-state index contributed by atoms with van der Waals surface area (Å²) >= 11 is 0. The molecule has 1 aromatic carbocycles. The number of anilines is 1. The SMILES string of the molecule is COc1ccc(NC(=O)C2=C[C@H](C(C)C)CCC=C(C)C2)cc1. The molecule has 1 N–H and O–H groups in total. The third kappa shape index (κ3) is 4.98. The Morgan fingerprint density at radius 3 is 2.57 bits per heavy atom. The minimum Gasteiger partial charge on any atom is -0.497 e. The van der Waals surface area contributed by atoms with Crippen LogP contribution in [-0.2, 0) is 4.79 Å². The fraction of sp³-hybridized carbons (Fsp3) is 0.450. The number of amides is 1. The fourth-order valence-corrected chi connectivity index (χ4v) is 2.86. The van der Waals surface area contributed by atoms with Crippen molar-refractivity contribution in [1.29, 1.82) is 0 Å². The number of hydrogen-bond acceptors (Lipinski definition) is 2. The second-order valence-corrected chi connectivity index (χ2v) is 6.59. The zero-order chi connectivity index (χ0) is 16.8. The molecule has 0 bridgehead atoms. The lowest BCUT2D eigenvalue weighted by molar-refractivity contribution is -0.113. The van der Waals surface area contributed by atoms with E-state index in [2.05, 4.69) is 38.2 Å². The summed E-state index contributed by atoms with van der Waals surface area (Å²) in [5.74, 6) is 1.78. The average Bonchev–Trinajstić information content (AvgIpc) is 2.50. The van der Waals surface area contributed by atoms with Crippen molar-refractivity contribution in [1.82, 2.24) is 0 Å². The fourth-order valence-electron chi connectivity index (χ4n) is 2.86. The molecule has 1 atom stereocenters. The van der Waals surface area contributed by atoms with Gasteiger partial charge >= 0.3 is 0 Å². The first kappa shape index (κ1) is 17.3. The lowest BCUT2D eigenvalue weighted by atomic mass is 9.85. The Balaban J connectivity index is 2.15. The first-order valence-electron chi connectivity index (χ1n) is 8.31. The lowest BCUT2D eigenvalue weighted by Crippen LogP contribution is -2.18. The van der Waals surface area contributed by atoms with Crippen LogP contribution in [0, 0.1) is 11.8 Å². The topological polar surface area (TPSA) is 38.3 Å². The molecule has 124 valence electrons. The number of carbonyl (C=O) groups excluding carboxylic acids is 1. The summed E-state index contributed by atoms with van der Waals surface area (Å²) in [5, 5.41) is 3.00. The van der Waals surface area contributed by atoms with Crippen LogP contribution in [0.5, 0.6) is 5.75 Å². The van der Waals surface area contributed by atoms with E-state index in [4.69, 9.17) is 4.74 Å². The number of allylic oxidation sites excluding steroid dienone is 3. The maximum Gasteiger partial charge on any atom is 0.251 e. The van der Waals surface area contributed by atoms with E-state index in [9.17, 15) is 4.79 Å². The summed E-state index contributed by atoms with van der Waals surface area (Å²) < 4.78 is 5.14. The monoisotopic (exact) mass is 313 g/mol. The van der Waals surface area contributed by atoms with Gasteiger partial charge in [-0.1, -0.05) is 31.6 Å². The molecule has 1 aliphatic carbocycles. The summed E-state index contributed by atoms with van der Waals surface area (Å²) in [4.78, 5) is 12.7. The van der Waals surface area contributed by atoms with Crippen LogP contribution in [0.15, 0.2) is 47.6 Å². The molecule has 0 radical (unpaired) electrons. The van der Waals surface area contributed by atoms with Gasteiger partial charge in [0.05, 0.1) is 7.11 Å². The van der Waals surface area contributed by atoms with Crippen LogP contribution in [0.4, 0.5) is 5.69 Å². The minimum atomic E-state index is -0.00420. The van der Waals surface area contributed by atoms with Gasteiger partial charge in [0.25, 0.3) is 5.91 Å². The molecule has 0 heterocycles. The van der Waals surface area contributed by atoms with E-state index >= 15 is 0 Å². The molecule has 3 nitrogen and oxygen atoms in total. The maximum absolute atomic E-state index is 12.7. The quantitative estimate of drug-likeness (QED) is 0.798. The predicted octanol–water partition coefficient (Wildman–Crippen LogP) is 4.96. The molecule has 2 rings (SSSR count). The molecule has 1 aliphatic rings. The van der Waals surface area contributed by atoms with Crippen molar-refractivity contribution in [2.24, 2.45) is 11.8 Å². The van der Waals surface area contributed by atoms with Gasteiger partial charge in [-0.25, -0.2) is 0 Å². The average molecular weight is 313 g/mol. The van der Waals surface area contributed by atoms with Gasteiger partial charge in [-0.15, -0.1) is 0 Å². The number of nitrogens with one attached hydrogen (secondary N) is 1. The van der Waals surface area contributed by atoms with Crippen LogP contribution in [0.25, 0.3) is 0 Å². The highest BCUT2D eigenvalue weighted by Gasteiger charge is 2.18. The third-order valence-electron chi connectivity index (χ3n) is 4.37. The summed E-state index contributed by atoms with van der Waals surface area (Å²) in [6, 6.07) is 7.43. The van der Waals surface area contributed by atoms with Gasteiger partial charge in [-0.2, -0.15) is 0 Å². The van der Waals surface area contributed by atoms with Gasteiger partial charge in [0, 0.05) is 11.3 Å². The Morgan fingerprint density at radius 2 is 1.96 bits per heavy atom. The van der Waals surface area contributed by atoms with Gasteiger partial charge in [-0.3, -0.25) is 4.79 Å². The number of ether oxygens (including phenoxy) is 1. The second kappa shape index (κ2) is 8.00. The van der Waals surface area contributed by atoms with E-state index in [1.165, 1.54) is 5.57 Å². The molecule has 0 saturated carbocycles. The summed E-state index contributed by atoms with van der Waals surface area (Å²) in [7, 11) is 1.63. The largest absolute Gasteiger partial charge is 0.497 e. The molecule has 0 aromatic heterocycles. The first-order valence-corrected chi connectivity index (χ1v) is 8.31. The van der Waals surface area contributed by atoms with Crippen LogP contribution in [0.3, 0.4) is 0 Å². The highest BCUT2D eigenvalue weighted by molar-refractivity contribution is 6.04. The highest BCUT2D eigenvalue weighted by Crippen LogP contribution is 2.27. The van der Waals surface area contributed by atoms with Crippen LogP contribution in [-0.4, -0.2) is 13.0 Å². The summed E-state index contributed by atoms with van der Waals surface area (Å²) in [6.07, 6.45) is 7.38. The molecule has 1 aromatic rings. The maximum atomic E-state index is 12.7. The van der Waals surface area contributed by atoms with Gasteiger partial charge in [0.1, 0.15) is 5.75 Å². The van der Waals surface area contributed by atoms with Crippen LogP contribution < -0.4 is 10.1 Å². The van der Waals surface area contributed by atoms with Crippen molar-refractivity contribution in [3.05, 3.63) is 47.6 Å². The Labute approximate surface area is 139 Å². The van der Waals surface area contributed by atoms with Gasteiger partial charge in [-0.05, 0) is 62.3 Å². The van der Waals surface area contributed by atoms with Gasteiger partial charge in [0.2, 0.25) is 0 Å². The van der Waals surface area contributed by atoms with Crippen molar-refractivity contribution < 1.29 is 9.53 Å². The third-order valence-corrected chi connectivity index (χ3v) is 4.37. The van der Waals surface area contributed by atoms with Crippen molar-refractivity contribution in [2.75, 3.05) is 12.4 Å². The standard InChI is InChI=1S/C20H27NO2/c1-14(2)16-7-5-6-15(3)12-17(13-16)20(22)21-18-8-10-19(23-4)11-9-18/h6,8-11,13-14,16H,5,7,12H2,1-4H3,(H,21,22)/t16-/m1/s1. The molecule has 0 unspecified atom stereocenters. The molecule has 23 heavy (non-hydrogen) atoms. The number of rotatable bonds is 4. The van der Waals surface area contributed by atoms with Crippen LogP contribution >= 0.6 is 0 Å². The van der Waals surface area contributed by atoms with E-state index < -0.39 is 0 Å². The predicted molar refractivity (Wildman–Crippen MR) is 95.6 cm³/mol. The first-order chi connectivity index (χ1) is 11.0. The normalized spacial score (nSPS) is 18.6. The van der Waals surface area contributed by atoms with E-state index in [1.54, 1.807) is 7.11 Å². The zero-order valence-corrected chi connectivity index (χ0v) is 14.6. The Kier molecular flexibility index (Phi) is 6.03. The molecule has 0 spiro atoms. The van der Waals surface area contributed by atoms with Crippen LogP contribution in [0.1, 0.15) is 40.0 Å². The molecule has 0 fully saturated rings. The lowest BCUT2D eigenvalue weighted by Gasteiger charge is -2.21. The van der Waals surface area contributed by atoms with Crippen LogP contribution in [0.2, 0.25) is 0 Å². The zero-order valence-electron chi connectivity index (χ0n) is 14.6. The molecule has 1 amide bonds. The Hall–Kier alpha value is -2.03. The molecule has 0 saturated heterocycles. The summed E-state index contributed by atoms with van der Waals surface area (Å²) in [6.45, 7) is 6.54. The Morgan fingerprint density at radius 1 is 1.26 bits per heavy atom. The van der Waals surface area contributed by atoms with Gasteiger partial charge < -0.3 is 10.1 Å². The highest BCUT2D eigenvalue weighted by atomic mass is 16.5. The molecular formula is C20H27NO2. The number of carbonyl (C=O) groups is 1.